The van der Waals surface area contributed by atoms with Crippen molar-refractivity contribution in [2.45, 2.75) is 18.6 Å². The molecule has 2 bridgehead atoms. The fourth-order valence-corrected chi connectivity index (χ4v) is 5.87. The standard InChI is InChI=1S/C26H33ClFN5O4S/c1-30(2)38(35,36)29-24-12-23(27)25(37-4)11-19(24)7-10-26(34)33-21-14-31(3)15-22(33)17-32(16-21)13-18-5-8-20(28)9-6-18/h5-12,21-22,29H,13-17H2,1-4H3/b10-7+. The number of piperazine rings is 2. The Morgan fingerprint density at radius 3 is 2.37 bits per heavy atom. The summed E-state index contributed by atoms with van der Waals surface area (Å²) in [5, 5.41) is 0.238. The summed E-state index contributed by atoms with van der Waals surface area (Å²) in [5.41, 5.74) is 1.71. The topological polar surface area (TPSA) is 85.4 Å². The van der Waals surface area contributed by atoms with Crippen molar-refractivity contribution in [3.05, 3.63) is 64.4 Å². The summed E-state index contributed by atoms with van der Waals surface area (Å²) in [5.74, 6) is -0.0465. The molecule has 38 heavy (non-hydrogen) atoms. The van der Waals surface area contributed by atoms with Crippen molar-refractivity contribution in [2.75, 3.05) is 59.2 Å². The van der Waals surface area contributed by atoms with Crippen LogP contribution >= 0.6 is 11.6 Å². The van der Waals surface area contributed by atoms with Gasteiger partial charge in [0.1, 0.15) is 11.6 Å². The highest BCUT2D eigenvalue weighted by Crippen LogP contribution is 2.33. The van der Waals surface area contributed by atoms with Crippen molar-refractivity contribution in [2.24, 2.45) is 0 Å². The summed E-state index contributed by atoms with van der Waals surface area (Å²) in [6.45, 7) is 3.55. The van der Waals surface area contributed by atoms with Crippen LogP contribution in [0.5, 0.6) is 5.75 Å². The molecule has 2 aliphatic rings. The van der Waals surface area contributed by atoms with Crippen LogP contribution in [0.3, 0.4) is 0 Å². The van der Waals surface area contributed by atoms with Gasteiger partial charge in [0.05, 0.1) is 29.9 Å². The Balaban J connectivity index is 1.54. The SMILES string of the molecule is COc1cc(/C=C/C(=O)N2C3CN(C)CC2CN(Cc2ccc(F)cc2)C3)c(NS(=O)(=O)N(C)C)cc1Cl. The third-order valence-electron chi connectivity index (χ3n) is 6.79. The Morgan fingerprint density at radius 2 is 1.79 bits per heavy atom. The minimum atomic E-state index is -3.80. The van der Waals surface area contributed by atoms with Crippen LogP contribution in [0.4, 0.5) is 10.1 Å². The number of hydrogen-bond acceptors (Lipinski definition) is 6. The third kappa shape index (κ3) is 6.47. The number of likely N-dealkylation sites (N-methyl/N-ethyl adjacent to an activating group) is 1. The van der Waals surface area contributed by atoms with Gasteiger partial charge in [-0.2, -0.15) is 12.7 Å². The van der Waals surface area contributed by atoms with E-state index in [0.29, 0.717) is 30.9 Å². The van der Waals surface area contributed by atoms with Crippen LogP contribution in [0.25, 0.3) is 6.08 Å². The maximum absolute atomic E-state index is 13.5. The normalized spacial score (nSPS) is 20.8. The number of anilines is 1. The first-order valence-corrected chi connectivity index (χ1v) is 14.0. The van der Waals surface area contributed by atoms with Gasteiger partial charge in [0.25, 0.3) is 0 Å². The van der Waals surface area contributed by atoms with Gasteiger partial charge in [-0.1, -0.05) is 23.7 Å². The molecule has 9 nitrogen and oxygen atoms in total. The molecule has 206 valence electrons. The number of benzene rings is 2. The van der Waals surface area contributed by atoms with Gasteiger partial charge in [0, 0.05) is 58.5 Å². The van der Waals surface area contributed by atoms with Gasteiger partial charge in [-0.05, 0) is 43.0 Å². The number of carbonyl (C=O) groups is 1. The summed E-state index contributed by atoms with van der Waals surface area (Å²) in [4.78, 5) is 19.9. The lowest BCUT2D eigenvalue weighted by Gasteiger charge is -2.52. The first-order chi connectivity index (χ1) is 18.0. The number of halogens is 2. The minimum absolute atomic E-state index is 0.0171. The number of methoxy groups -OCH3 is 1. The summed E-state index contributed by atoms with van der Waals surface area (Å²) in [6.07, 6.45) is 3.05. The third-order valence-corrected chi connectivity index (χ3v) is 8.53. The first-order valence-electron chi connectivity index (χ1n) is 12.2. The molecule has 2 aromatic carbocycles. The van der Waals surface area contributed by atoms with Gasteiger partial charge in [0.15, 0.2) is 0 Å². The van der Waals surface area contributed by atoms with Gasteiger partial charge in [-0.3, -0.25) is 14.4 Å². The predicted molar refractivity (Wildman–Crippen MR) is 147 cm³/mol. The Bertz CT molecular complexity index is 1290. The molecule has 0 aromatic heterocycles. The molecular formula is C26H33ClFN5O4S. The van der Waals surface area contributed by atoms with Crippen LogP contribution in [-0.2, 0) is 21.5 Å². The van der Waals surface area contributed by atoms with E-state index in [-0.39, 0.29) is 34.5 Å². The highest BCUT2D eigenvalue weighted by molar-refractivity contribution is 7.90. The molecule has 1 N–H and O–H groups in total. The van der Waals surface area contributed by atoms with Crippen molar-refractivity contribution >= 4 is 39.5 Å². The fraction of sp³-hybridized carbons (Fsp3) is 0.423. The van der Waals surface area contributed by atoms with Gasteiger partial charge >= 0.3 is 10.2 Å². The van der Waals surface area contributed by atoms with Crippen LogP contribution in [0, 0.1) is 5.82 Å². The number of rotatable bonds is 8. The lowest BCUT2D eigenvalue weighted by molar-refractivity contribution is -0.140. The maximum atomic E-state index is 13.5. The number of amides is 1. The van der Waals surface area contributed by atoms with Crippen molar-refractivity contribution in [1.29, 1.82) is 0 Å². The van der Waals surface area contributed by atoms with Crippen molar-refractivity contribution in [3.8, 4) is 5.75 Å². The van der Waals surface area contributed by atoms with Crippen molar-refractivity contribution in [3.63, 3.8) is 0 Å². The molecule has 0 aliphatic carbocycles. The number of nitrogens with one attached hydrogen (secondary N) is 1. The second-order valence-electron chi connectivity index (χ2n) is 9.89. The fourth-order valence-electron chi connectivity index (χ4n) is 5.00. The molecule has 1 amide bonds. The van der Waals surface area contributed by atoms with Crippen LogP contribution < -0.4 is 9.46 Å². The number of nitrogens with zero attached hydrogens (tertiary/aromatic N) is 4. The van der Waals surface area contributed by atoms with E-state index in [1.807, 2.05) is 4.90 Å². The lowest BCUT2D eigenvalue weighted by Crippen LogP contribution is -2.68. The van der Waals surface area contributed by atoms with Gasteiger partial charge in [-0.15, -0.1) is 0 Å². The molecule has 2 fully saturated rings. The highest BCUT2D eigenvalue weighted by Gasteiger charge is 2.41. The largest absolute Gasteiger partial charge is 0.495 e. The summed E-state index contributed by atoms with van der Waals surface area (Å²) in [7, 11) is 2.55. The summed E-state index contributed by atoms with van der Waals surface area (Å²) in [6, 6.07) is 9.53. The number of hydrogen-bond donors (Lipinski definition) is 1. The summed E-state index contributed by atoms with van der Waals surface area (Å²) < 4.78 is 47.1. The van der Waals surface area contributed by atoms with E-state index >= 15 is 0 Å². The minimum Gasteiger partial charge on any atom is -0.495 e. The van der Waals surface area contributed by atoms with E-state index in [9.17, 15) is 17.6 Å². The zero-order valence-corrected chi connectivity index (χ0v) is 23.5. The molecular weight excluding hydrogens is 533 g/mol. The second-order valence-corrected chi connectivity index (χ2v) is 12.2. The second kappa shape index (κ2) is 11.6. The molecule has 2 saturated heterocycles. The quantitative estimate of drug-likeness (QED) is 0.496. The van der Waals surface area contributed by atoms with Gasteiger partial charge < -0.3 is 14.5 Å². The zero-order chi connectivity index (χ0) is 27.6. The molecule has 4 rings (SSSR count). The number of fused-ring (bicyclic) bond motifs is 2. The zero-order valence-electron chi connectivity index (χ0n) is 21.9. The molecule has 0 spiro atoms. The van der Waals surface area contributed by atoms with Gasteiger partial charge in [-0.25, -0.2) is 4.39 Å². The molecule has 2 aromatic rings. The van der Waals surface area contributed by atoms with Crippen LogP contribution in [0.2, 0.25) is 5.02 Å². The number of carbonyl (C=O) groups excluding carboxylic acids is 1. The van der Waals surface area contributed by atoms with E-state index in [4.69, 9.17) is 16.3 Å². The molecule has 0 radical (unpaired) electrons. The van der Waals surface area contributed by atoms with Crippen molar-refractivity contribution in [1.82, 2.24) is 19.0 Å². The van der Waals surface area contributed by atoms with E-state index < -0.39 is 10.2 Å². The summed E-state index contributed by atoms with van der Waals surface area (Å²) >= 11 is 6.25. The Hall–Kier alpha value is -2.70. The first kappa shape index (κ1) is 28.3. The Kier molecular flexibility index (Phi) is 8.63. The van der Waals surface area contributed by atoms with E-state index in [0.717, 1.165) is 23.0 Å². The molecule has 0 saturated carbocycles. The Labute approximate surface area is 228 Å². The van der Waals surface area contributed by atoms with Crippen LogP contribution in [0.1, 0.15) is 11.1 Å². The van der Waals surface area contributed by atoms with E-state index in [1.165, 1.54) is 45.5 Å². The molecule has 2 aliphatic heterocycles. The molecule has 2 heterocycles. The van der Waals surface area contributed by atoms with Crippen molar-refractivity contribution < 1.29 is 22.3 Å². The van der Waals surface area contributed by atoms with Crippen LogP contribution in [0.15, 0.2) is 42.5 Å². The smallest absolute Gasteiger partial charge is 0.301 e. The van der Waals surface area contributed by atoms with E-state index in [2.05, 4.69) is 21.6 Å². The monoisotopic (exact) mass is 565 g/mol. The molecule has 2 atom stereocenters. The lowest BCUT2D eigenvalue weighted by atomic mass is 9.99. The average molecular weight is 566 g/mol. The van der Waals surface area contributed by atoms with E-state index in [1.54, 1.807) is 24.3 Å². The Morgan fingerprint density at radius 1 is 1.16 bits per heavy atom. The molecule has 12 heteroatoms. The predicted octanol–water partition coefficient (Wildman–Crippen LogP) is 2.75. The average Bonchev–Trinajstić information content (AvgIpc) is 2.83. The number of ether oxygens (including phenoxy) is 1. The van der Waals surface area contributed by atoms with Crippen LogP contribution in [-0.4, -0.2) is 99.8 Å². The molecule has 2 unspecified atom stereocenters. The highest BCUT2D eigenvalue weighted by atomic mass is 35.5. The maximum Gasteiger partial charge on any atom is 0.301 e. The van der Waals surface area contributed by atoms with Gasteiger partial charge in [0.2, 0.25) is 5.91 Å².